The molecule has 0 aliphatic rings. The van der Waals surface area contributed by atoms with Crippen LogP contribution in [0.15, 0.2) is 69.6 Å². The van der Waals surface area contributed by atoms with E-state index in [0.29, 0.717) is 19.7 Å². The predicted molar refractivity (Wildman–Crippen MR) is 141 cm³/mol. The van der Waals surface area contributed by atoms with Gasteiger partial charge in [-0.3, -0.25) is 14.7 Å². The van der Waals surface area contributed by atoms with Gasteiger partial charge in [-0.05, 0) is 61.0 Å². The van der Waals surface area contributed by atoms with Crippen molar-refractivity contribution in [1.82, 2.24) is 0 Å². The number of carbonyl (C=O) groups is 1. The van der Waals surface area contributed by atoms with Gasteiger partial charge in [0.2, 0.25) is 5.76 Å². The van der Waals surface area contributed by atoms with Crippen LogP contribution >= 0.6 is 27.5 Å². The molecule has 0 unspecified atom stereocenters. The highest BCUT2D eigenvalue weighted by molar-refractivity contribution is 9.10. The first-order valence-corrected chi connectivity index (χ1v) is 13.2. The van der Waals surface area contributed by atoms with E-state index in [1.165, 1.54) is 36.4 Å². The zero-order valence-corrected chi connectivity index (χ0v) is 22.2. The Labute approximate surface area is 224 Å². The molecule has 0 spiro atoms. The van der Waals surface area contributed by atoms with Crippen LogP contribution in [0, 0.1) is 10.1 Å². The number of furan rings is 1. The van der Waals surface area contributed by atoms with Gasteiger partial charge in [0, 0.05) is 16.3 Å². The Morgan fingerprint density at radius 3 is 2.59 bits per heavy atom. The van der Waals surface area contributed by atoms with Gasteiger partial charge in [-0.25, -0.2) is 9.10 Å². The fourth-order valence-corrected chi connectivity index (χ4v) is 5.36. The lowest BCUT2D eigenvalue weighted by atomic mass is 10.0. The highest BCUT2D eigenvalue weighted by atomic mass is 79.9. The summed E-state index contributed by atoms with van der Waals surface area (Å²) in [6.45, 7) is 1.77. The van der Waals surface area contributed by atoms with Crippen molar-refractivity contribution >= 4 is 71.8 Å². The number of nitro benzene ring substituents is 1. The molecule has 0 atom stereocenters. The predicted octanol–water partition coefficient (Wildman–Crippen LogP) is 6.47. The van der Waals surface area contributed by atoms with Crippen molar-refractivity contribution in [2.24, 2.45) is 0 Å². The summed E-state index contributed by atoms with van der Waals surface area (Å²) in [4.78, 5) is 23.3. The molecule has 4 rings (SSSR count). The monoisotopic (exact) mass is 608 g/mol. The van der Waals surface area contributed by atoms with Crippen molar-refractivity contribution in [3.05, 3.63) is 97.2 Å². The van der Waals surface area contributed by atoms with Crippen LogP contribution in [-0.4, -0.2) is 30.5 Å². The van der Waals surface area contributed by atoms with E-state index in [4.69, 9.17) is 20.8 Å². The van der Waals surface area contributed by atoms with E-state index in [1.807, 2.05) is 0 Å². The van der Waals surface area contributed by atoms with Crippen LogP contribution in [0.5, 0.6) is 0 Å². The fourth-order valence-electron chi connectivity index (χ4n) is 3.87. The number of rotatable bonds is 8. The molecule has 1 heterocycles. The lowest BCUT2D eigenvalue weighted by molar-refractivity contribution is -0.385. The second-order valence-corrected chi connectivity index (χ2v) is 10.3. The molecule has 0 radical (unpaired) electrons. The van der Waals surface area contributed by atoms with Gasteiger partial charge in [-0.15, -0.1) is 0 Å². The average molecular weight is 610 g/mol. The maximum Gasteiger partial charge on any atom is 0.374 e. The molecule has 0 aliphatic carbocycles. The Bertz CT molecular complexity index is 1640. The average Bonchev–Trinajstić information content (AvgIpc) is 3.24. The minimum Gasteiger partial charge on any atom is -0.460 e. The smallest absolute Gasteiger partial charge is 0.374 e. The zero-order chi connectivity index (χ0) is 26.9. The lowest BCUT2D eigenvalue weighted by Crippen LogP contribution is -2.26. The summed E-state index contributed by atoms with van der Waals surface area (Å²) >= 11 is 9.51. The van der Waals surface area contributed by atoms with E-state index in [1.54, 1.807) is 31.2 Å². The number of ether oxygens (including phenoxy) is 1. The molecule has 0 bridgehead atoms. The van der Waals surface area contributed by atoms with Gasteiger partial charge in [0.15, 0.2) is 0 Å². The van der Waals surface area contributed by atoms with Gasteiger partial charge in [-0.2, -0.15) is 8.42 Å². The Hall–Kier alpha value is -3.45. The van der Waals surface area contributed by atoms with Gasteiger partial charge in [0.05, 0.1) is 28.5 Å². The number of anilines is 2. The molecule has 10 nitrogen and oxygen atoms in total. The number of fused-ring (bicyclic) bond motifs is 1. The molecule has 37 heavy (non-hydrogen) atoms. The Balaban J connectivity index is 1.92. The van der Waals surface area contributed by atoms with Crippen LogP contribution in [-0.2, 0) is 21.5 Å². The van der Waals surface area contributed by atoms with Crippen LogP contribution in [0.25, 0.3) is 11.0 Å². The minimum atomic E-state index is -5.00. The van der Waals surface area contributed by atoms with Crippen molar-refractivity contribution in [3.63, 3.8) is 0 Å². The van der Waals surface area contributed by atoms with E-state index >= 15 is 0 Å². The Kier molecular flexibility index (Phi) is 7.55. The minimum absolute atomic E-state index is 0.0345. The molecule has 0 saturated heterocycles. The largest absolute Gasteiger partial charge is 0.460 e. The standard InChI is InChI=1S/C24H18BrClN2O8S/c1-2-35-24(29)22-13-15-12-17(6-9-21(15)36-22)27(37(32,33)34)20-8-7-19(26)23(28(30)31)18(20)11-14-4-3-5-16(25)10-14/h3-10,12-13H,2,11H2,1H3,(H,32,33,34). The number of esters is 1. The van der Waals surface area contributed by atoms with Crippen LogP contribution < -0.4 is 4.31 Å². The molecule has 192 valence electrons. The summed E-state index contributed by atoms with van der Waals surface area (Å²) in [7, 11) is -5.00. The van der Waals surface area contributed by atoms with Gasteiger partial charge >= 0.3 is 16.3 Å². The number of hydrogen-bond acceptors (Lipinski definition) is 7. The first kappa shape index (κ1) is 26.6. The highest BCUT2D eigenvalue weighted by Gasteiger charge is 2.31. The van der Waals surface area contributed by atoms with Crippen molar-refractivity contribution in [1.29, 1.82) is 0 Å². The third kappa shape index (κ3) is 5.62. The Morgan fingerprint density at radius 1 is 1.19 bits per heavy atom. The van der Waals surface area contributed by atoms with Crippen molar-refractivity contribution < 1.29 is 31.8 Å². The van der Waals surface area contributed by atoms with Crippen molar-refractivity contribution in [2.45, 2.75) is 13.3 Å². The normalized spacial score (nSPS) is 11.5. The first-order chi connectivity index (χ1) is 17.5. The van der Waals surface area contributed by atoms with Crippen LogP contribution in [0.2, 0.25) is 5.02 Å². The molecule has 0 saturated carbocycles. The maximum atomic E-state index is 12.7. The van der Waals surface area contributed by atoms with Crippen LogP contribution in [0.4, 0.5) is 17.1 Å². The van der Waals surface area contributed by atoms with Crippen molar-refractivity contribution in [3.8, 4) is 0 Å². The van der Waals surface area contributed by atoms with E-state index in [9.17, 15) is 27.9 Å². The summed E-state index contributed by atoms with van der Waals surface area (Å²) in [5.74, 6) is -0.790. The van der Waals surface area contributed by atoms with Gasteiger partial charge in [0.25, 0.3) is 5.69 Å². The topological polar surface area (TPSA) is 140 Å². The van der Waals surface area contributed by atoms with Gasteiger partial charge in [0.1, 0.15) is 10.6 Å². The molecule has 0 fully saturated rings. The summed E-state index contributed by atoms with van der Waals surface area (Å²) in [6, 6.07) is 14.9. The number of nitrogens with zero attached hydrogens (tertiary/aromatic N) is 2. The summed E-state index contributed by atoms with van der Waals surface area (Å²) < 4.78 is 47.3. The lowest BCUT2D eigenvalue weighted by Gasteiger charge is -2.24. The second-order valence-electron chi connectivity index (χ2n) is 7.75. The van der Waals surface area contributed by atoms with E-state index in [2.05, 4.69) is 15.9 Å². The van der Waals surface area contributed by atoms with E-state index in [0.717, 1.165) is 0 Å². The first-order valence-electron chi connectivity index (χ1n) is 10.7. The maximum absolute atomic E-state index is 12.7. The van der Waals surface area contributed by atoms with Crippen molar-refractivity contribution in [2.75, 3.05) is 10.9 Å². The number of halogens is 2. The third-order valence-corrected chi connectivity index (χ3v) is 6.99. The highest BCUT2D eigenvalue weighted by Crippen LogP contribution is 2.41. The Morgan fingerprint density at radius 2 is 1.95 bits per heavy atom. The number of nitro groups is 1. The molecular formula is C24H18BrClN2O8S. The summed E-state index contributed by atoms with van der Waals surface area (Å²) in [5.41, 5.74) is 0.124. The van der Waals surface area contributed by atoms with E-state index in [-0.39, 0.29) is 46.3 Å². The summed E-state index contributed by atoms with van der Waals surface area (Å²) in [6.07, 6.45) is -0.0708. The molecular weight excluding hydrogens is 592 g/mol. The van der Waals surface area contributed by atoms with Gasteiger partial charge < -0.3 is 9.15 Å². The van der Waals surface area contributed by atoms with Crippen LogP contribution in [0.1, 0.15) is 28.6 Å². The molecule has 3 aromatic carbocycles. The molecule has 13 heteroatoms. The SMILES string of the molecule is CCOC(=O)c1cc2cc(N(c3ccc(Cl)c([N+](=O)[O-])c3Cc3cccc(Br)c3)S(=O)(=O)O)ccc2o1. The molecule has 1 aromatic heterocycles. The fraction of sp³-hybridized carbons (Fsp3) is 0.125. The van der Waals surface area contributed by atoms with Crippen LogP contribution in [0.3, 0.4) is 0 Å². The van der Waals surface area contributed by atoms with Gasteiger partial charge in [-0.1, -0.05) is 39.7 Å². The number of hydrogen-bond donors (Lipinski definition) is 1. The third-order valence-electron chi connectivity index (χ3n) is 5.32. The number of carbonyl (C=O) groups excluding carboxylic acids is 1. The molecule has 1 N–H and O–H groups in total. The number of benzene rings is 3. The summed E-state index contributed by atoms with van der Waals surface area (Å²) in [5, 5.41) is 12.1. The second kappa shape index (κ2) is 10.5. The zero-order valence-electron chi connectivity index (χ0n) is 19.1. The quantitative estimate of drug-likeness (QED) is 0.104. The van der Waals surface area contributed by atoms with E-state index < -0.39 is 26.9 Å². The molecule has 4 aromatic rings. The molecule has 0 amide bonds. The molecule has 0 aliphatic heterocycles.